The van der Waals surface area contributed by atoms with Gasteiger partial charge in [0, 0.05) is 30.1 Å². The SMILES string of the molecule is COc1ccc(C(C)N)c(OCc2ncccn2)c1. The Bertz CT molecular complexity index is 529. The minimum atomic E-state index is -0.113. The molecule has 0 saturated carbocycles. The fourth-order valence-electron chi connectivity index (χ4n) is 1.69. The molecule has 0 aliphatic heterocycles. The van der Waals surface area contributed by atoms with Gasteiger partial charge in [-0.15, -0.1) is 0 Å². The Labute approximate surface area is 112 Å². The molecule has 0 radical (unpaired) electrons. The first-order valence-electron chi connectivity index (χ1n) is 6.03. The smallest absolute Gasteiger partial charge is 0.166 e. The van der Waals surface area contributed by atoms with Crippen molar-refractivity contribution in [1.82, 2.24) is 9.97 Å². The van der Waals surface area contributed by atoms with Crippen LogP contribution in [0.3, 0.4) is 0 Å². The van der Waals surface area contributed by atoms with Crippen molar-refractivity contribution in [2.45, 2.75) is 19.6 Å². The van der Waals surface area contributed by atoms with E-state index < -0.39 is 0 Å². The van der Waals surface area contributed by atoms with Crippen LogP contribution in [0.1, 0.15) is 24.4 Å². The fraction of sp³-hybridized carbons (Fsp3) is 0.286. The minimum Gasteiger partial charge on any atom is -0.497 e. The van der Waals surface area contributed by atoms with E-state index in [2.05, 4.69) is 9.97 Å². The molecule has 5 nitrogen and oxygen atoms in total. The van der Waals surface area contributed by atoms with Gasteiger partial charge < -0.3 is 15.2 Å². The van der Waals surface area contributed by atoms with Crippen molar-refractivity contribution in [2.24, 2.45) is 5.73 Å². The Morgan fingerprint density at radius 3 is 2.63 bits per heavy atom. The van der Waals surface area contributed by atoms with Crippen LogP contribution in [-0.2, 0) is 6.61 Å². The monoisotopic (exact) mass is 259 g/mol. The third kappa shape index (κ3) is 3.42. The van der Waals surface area contributed by atoms with Crippen molar-refractivity contribution in [3.05, 3.63) is 48.0 Å². The highest BCUT2D eigenvalue weighted by Gasteiger charge is 2.10. The molecule has 1 aromatic heterocycles. The zero-order valence-corrected chi connectivity index (χ0v) is 11.0. The fourth-order valence-corrected chi connectivity index (χ4v) is 1.69. The van der Waals surface area contributed by atoms with Gasteiger partial charge >= 0.3 is 0 Å². The second-order valence-corrected chi connectivity index (χ2v) is 4.15. The summed E-state index contributed by atoms with van der Waals surface area (Å²) in [5.41, 5.74) is 6.85. The van der Waals surface area contributed by atoms with E-state index in [4.69, 9.17) is 15.2 Å². The lowest BCUT2D eigenvalue weighted by atomic mass is 10.1. The number of aromatic nitrogens is 2. The van der Waals surface area contributed by atoms with Gasteiger partial charge in [-0.2, -0.15) is 0 Å². The van der Waals surface area contributed by atoms with Gasteiger partial charge in [0.25, 0.3) is 0 Å². The number of nitrogens with zero attached hydrogens (tertiary/aromatic N) is 2. The van der Waals surface area contributed by atoms with Crippen LogP contribution in [0.2, 0.25) is 0 Å². The van der Waals surface area contributed by atoms with Crippen molar-refractivity contribution in [2.75, 3.05) is 7.11 Å². The summed E-state index contributed by atoms with van der Waals surface area (Å²) < 4.78 is 10.9. The average Bonchev–Trinajstić information content (AvgIpc) is 2.45. The van der Waals surface area contributed by atoms with Crippen LogP contribution < -0.4 is 15.2 Å². The summed E-state index contributed by atoms with van der Waals surface area (Å²) in [4.78, 5) is 8.22. The molecule has 0 aliphatic carbocycles. The lowest BCUT2D eigenvalue weighted by Gasteiger charge is -2.14. The Balaban J connectivity index is 2.18. The van der Waals surface area contributed by atoms with E-state index in [9.17, 15) is 0 Å². The molecule has 0 spiro atoms. The van der Waals surface area contributed by atoms with E-state index in [1.807, 2.05) is 25.1 Å². The van der Waals surface area contributed by atoms with Crippen LogP contribution in [0.15, 0.2) is 36.7 Å². The van der Waals surface area contributed by atoms with Crippen molar-refractivity contribution in [1.29, 1.82) is 0 Å². The highest BCUT2D eigenvalue weighted by Crippen LogP contribution is 2.28. The van der Waals surface area contributed by atoms with E-state index in [1.165, 1.54) is 0 Å². The number of benzene rings is 1. The third-order valence-electron chi connectivity index (χ3n) is 2.69. The van der Waals surface area contributed by atoms with E-state index in [-0.39, 0.29) is 6.04 Å². The number of rotatable bonds is 5. The zero-order valence-electron chi connectivity index (χ0n) is 11.0. The Kier molecular flexibility index (Phi) is 4.30. The van der Waals surface area contributed by atoms with Crippen molar-refractivity contribution >= 4 is 0 Å². The molecule has 0 fully saturated rings. The van der Waals surface area contributed by atoms with Gasteiger partial charge in [0.15, 0.2) is 5.82 Å². The van der Waals surface area contributed by atoms with Crippen molar-refractivity contribution in [3.63, 3.8) is 0 Å². The molecule has 0 aliphatic rings. The maximum Gasteiger partial charge on any atom is 0.166 e. The standard InChI is InChI=1S/C14H17N3O2/c1-10(15)12-5-4-11(18-2)8-13(12)19-9-14-16-6-3-7-17-14/h3-8,10H,9,15H2,1-2H3. The van der Waals surface area contributed by atoms with Gasteiger partial charge in [-0.1, -0.05) is 6.07 Å². The summed E-state index contributed by atoms with van der Waals surface area (Å²) in [6.07, 6.45) is 3.37. The molecule has 1 heterocycles. The Morgan fingerprint density at radius 2 is 2.00 bits per heavy atom. The van der Waals surface area contributed by atoms with Crippen LogP contribution in [0.5, 0.6) is 11.5 Å². The average molecular weight is 259 g/mol. The molecule has 0 saturated heterocycles. The van der Waals surface area contributed by atoms with E-state index in [0.29, 0.717) is 18.2 Å². The predicted molar refractivity (Wildman–Crippen MR) is 72.0 cm³/mol. The minimum absolute atomic E-state index is 0.113. The van der Waals surface area contributed by atoms with Crippen LogP contribution in [0, 0.1) is 0 Å². The van der Waals surface area contributed by atoms with Crippen LogP contribution >= 0.6 is 0 Å². The second kappa shape index (κ2) is 6.15. The van der Waals surface area contributed by atoms with Crippen molar-refractivity contribution in [3.8, 4) is 11.5 Å². The highest BCUT2D eigenvalue weighted by atomic mass is 16.5. The lowest BCUT2D eigenvalue weighted by molar-refractivity contribution is 0.289. The number of methoxy groups -OCH3 is 1. The Morgan fingerprint density at radius 1 is 1.26 bits per heavy atom. The Hall–Kier alpha value is -2.14. The van der Waals surface area contributed by atoms with Gasteiger partial charge in [-0.3, -0.25) is 0 Å². The molecule has 1 aromatic carbocycles. The van der Waals surface area contributed by atoms with Crippen molar-refractivity contribution < 1.29 is 9.47 Å². The number of ether oxygens (including phenoxy) is 2. The van der Waals surface area contributed by atoms with Gasteiger partial charge in [-0.05, 0) is 19.1 Å². The van der Waals surface area contributed by atoms with E-state index in [0.717, 1.165) is 11.3 Å². The number of nitrogens with two attached hydrogens (primary N) is 1. The molecular weight excluding hydrogens is 242 g/mol. The summed E-state index contributed by atoms with van der Waals surface area (Å²) in [7, 11) is 1.62. The van der Waals surface area contributed by atoms with Crippen LogP contribution in [0.4, 0.5) is 0 Å². The number of hydrogen-bond donors (Lipinski definition) is 1. The summed E-state index contributed by atoms with van der Waals surface area (Å²) in [5, 5.41) is 0. The number of hydrogen-bond acceptors (Lipinski definition) is 5. The first-order chi connectivity index (χ1) is 9.20. The van der Waals surface area contributed by atoms with E-state index >= 15 is 0 Å². The molecule has 1 atom stereocenters. The molecule has 0 bridgehead atoms. The van der Waals surface area contributed by atoms with Gasteiger partial charge in [0.05, 0.1) is 7.11 Å². The van der Waals surface area contributed by atoms with E-state index in [1.54, 1.807) is 25.6 Å². The molecule has 19 heavy (non-hydrogen) atoms. The molecule has 1 unspecified atom stereocenters. The zero-order chi connectivity index (χ0) is 13.7. The third-order valence-corrected chi connectivity index (χ3v) is 2.69. The molecule has 100 valence electrons. The molecule has 5 heteroatoms. The topological polar surface area (TPSA) is 70.3 Å². The summed E-state index contributed by atoms with van der Waals surface area (Å²) >= 11 is 0. The quantitative estimate of drug-likeness (QED) is 0.890. The largest absolute Gasteiger partial charge is 0.497 e. The molecule has 0 amide bonds. The molecular formula is C14H17N3O2. The molecule has 2 rings (SSSR count). The lowest BCUT2D eigenvalue weighted by Crippen LogP contribution is -2.09. The summed E-state index contributed by atoms with van der Waals surface area (Å²) in [5.74, 6) is 2.05. The van der Waals surface area contributed by atoms with Gasteiger partial charge in [0.1, 0.15) is 18.1 Å². The normalized spacial score (nSPS) is 11.9. The highest BCUT2D eigenvalue weighted by molar-refractivity contribution is 5.42. The van der Waals surface area contributed by atoms with Crippen LogP contribution in [0.25, 0.3) is 0 Å². The first-order valence-corrected chi connectivity index (χ1v) is 6.03. The van der Waals surface area contributed by atoms with Gasteiger partial charge in [-0.25, -0.2) is 9.97 Å². The second-order valence-electron chi connectivity index (χ2n) is 4.15. The first kappa shape index (κ1) is 13.3. The molecule has 2 N–H and O–H groups in total. The van der Waals surface area contributed by atoms with Crippen LogP contribution in [-0.4, -0.2) is 17.1 Å². The van der Waals surface area contributed by atoms with Gasteiger partial charge in [0.2, 0.25) is 0 Å². The maximum absolute atomic E-state index is 5.92. The predicted octanol–water partition coefficient (Wildman–Crippen LogP) is 2.08. The molecule has 2 aromatic rings. The maximum atomic E-state index is 5.92. The summed E-state index contributed by atoms with van der Waals surface area (Å²) in [6.45, 7) is 2.21. The summed E-state index contributed by atoms with van der Waals surface area (Å²) in [6, 6.07) is 7.25.